The molecule has 0 radical (unpaired) electrons. The number of amides is 1. The van der Waals surface area contributed by atoms with Crippen molar-refractivity contribution in [2.75, 3.05) is 20.1 Å². The number of hydrogen-bond acceptors (Lipinski definition) is 3. The van der Waals surface area contributed by atoms with Crippen LogP contribution >= 0.6 is 12.4 Å². The molecule has 0 bridgehead atoms. The van der Waals surface area contributed by atoms with Crippen LogP contribution in [0.2, 0.25) is 0 Å². The van der Waals surface area contributed by atoms with Crippen LogP contribution in [0, 0.1) is 5.41 Å². The summed E-state index contributed by atoms with van der Waals surface area (Å²) in [6, 6.07) is 10.6. The second kappa shape index (κ2) is 10.8. The summed E-state index contributed by atoms with van der Waals surface area (Å²) in [7, 11) is 2.10. The van der Waals surface area contributed by atoms with Gasteiger partial charge in [-0.3, -0.25) is 4.79 Å². The van der Waals surface area contributed by atoms with Crippen molar-refractivity contribution in [3.63, 3.8) is 0 Å². The molecule has 1 aliphatic carbocycles. The van der Waals surface area contributed by atoms with Gasteiger partial charge in [0.05, 0.1) is 0 Å². The van der Waals surface area contributed by atoms with Gasteiger partial charge in [0, 0.05) is 25.6 Å². The van der Waals surface area contributed by atoms with Crippen LogP contribution in [0.1, 0.15) is 51.0 Å². The molecule has 1 aromatic carbocycles. The van der Waals surface area contributed by atoms with E-state index in [1.807, 2.05) is 6.07 Å². The molecule has 0 spiro atoms. The van der Waals surface area contributed by atoms with Crippen molar-refractivity contribution in [1.82, 2.24) is 10.2 Å². The third-order valence-corrected chi connectivity index (χ3v) is 5.17. The summed E-state index contributed by atoms with van der Waals surface area (Å²) in [4.78, 5) is 14.7. The number of halogens is 1. The molecule has 3 N–H and O–H groups in total. The van der Waals surface area contributed by atoms with Gasteiger partial charge in [0.1, 0.15) is 0 Å². The Morgan fingerprint density at radius 3 is 2.48 bits per heavy atom. The smallest absolute Gasteiger partial charge is 0.220 e. The Morgan fingerprint density at radius 2 is 1.88 bits per heavy atom. The van der Waals surface area contributed by atoms with Gasteiger partial charge < -0.3 is 16.0 Å². The molecule has 25 heavy (non-hydrogen) atoms. The van der Waals surface area contributed by atoms with E-state index in [2.05, 4.69) is 48.5 Å². The molecule has 0 aliphatic heterocycles. The molecule has 1 unspecified atom stereocenters. The number of benzene rings is 1. The minimum Gasteiger partial charge on any atom is -0.352 e. The summed E-state index contributed by atoms with van der Waals surface area (Å²) in [5.74, 6) is 0.156. The lowest BCUT2D eigenvalue weighted by molar-refractivity contribution is -0.124. The SMILES string of the molecule is CC(CN(C)Cc1ccccc1)NC(=O)CC1(CN)CCCCC1.Cl. The predicted octanol–water partition coefficient (Wildman–Crippen LogP) is 3.34. The first-order chi connectivity index (χ1) is 11.5. The Hall–Kier alpha value is -1.10. The second-order valence-electron chi connectivity index (χ2n) is 7.59. The van der Waals surface area contributed by atoms with Crippen molar-refractivity contribution >= 4 is 18.3 Å². The minimum atomic E-state index is 0. The Balaban J connectivity index is 0.00000312. The van der Waals surface area contributed by atoms with Gasteiger partial charge in [-0.05, 0) is 44.3 Å². The molecule has 1 aliphatic rings. The number of hydrogen-bond donors (Lipinski definition) is 2. The molecular formula is C20H34ClN3O. The number of likely N-dealkylation sites (N-methyl/N-ethyl adjacent to an activating group) is 1. The molecule has 142 valence electrons. The monoisotopic (exact) mass is 367 g/mol. The molecule has 5 heteroatoms. The van der Waals surface area contributed by atoms with Crippen LogP contribution in [-0.4, -0.2) is 37.0 Å². The lowest BCUT2D eigenvalue weighted by Gasteiger charge is -2.36. The average Bonchev–Trinajstić information content (AvgIpc) is 2.56. The summed E-state index contributed by atoms with van der Waals surface area (Å²) in [5, 5.41) is 3.17. The number of nitrogens with zero attached hydrogens (tertiary/aromatic N) is 1. The van der Waals surface area contributed by atoms with Crippen molar-refractivity contribution in [1.29, 1.82) is 0 Å². The molecule has 1 fully saturated rings. The topological polar surface area (TPSA) is 58.4 Å². The zero-order valence-corrected chi connectivity index (χ0v) is 16.5. The number of carbonyl (C=O) groups is 1. The molecule has 4 nitrogen and oxygen atoms in total. The summed E-state index contributed by atoms with van der Waals surface area (Å²) in [6.07, 6.45) is 6.47. The van der Waals surface area contributed by atoms with Crippen LogP contribution in [0.5, 0.6) is 0 Å². The van der Waals surface area contributed by atoms with E-state index < -0.39 is 0 Å². The summed E-state index contributed by atoms with van der Waals surface area (Å²) in [5.41, 5.74) is 7.33. The first kappa shape index (κ1) is 21.9. The lowest BCUT2D eigenvalue weighted by Crippen LogP contribution is -2.44. The fourth-order valence-corrected chi connectivity index (χ4v) is 3.89. The van der Waals surface area contributed by atoms with E-state index in [9.17, 15) is 4.79 Å². The summed E-state index contributed by atoms with van der Waals surface area (Å²) < 4.78 is 0. The molecule has 0 saturated heterocycles. The number of rotatable bonds is 8. The quantitative estimate of drug-likeness (QED) is 0.740. The molecule has 0 aromatic heterocycles. The zero-order chi connectivity index (χ0) is 17.4. The molecule has 0 heterocycles. The van der Waals surface area contributed by atoms with Crippen LogP contribution < -0.4 is 11.1 Å². The molecule has 1 amide bonds. The van der Waals surface area contributed by atoms with E-state index in [0.717, 1.165) is 25.9 Å². The maximum atomic E-state index is 12.4. The third kappa shape index (κ3) is 7.35. The average molecular weight is 368 g/mol. The van der Waals surface area contributed by atoms with Crippen LogP contribution in [0.15, 0.2) is 30.3 Å². The third-order valence-electron chi connectivity index (χ3n) is 5.17. The largest absolute Gasteiger partial charge is 0.352 e. The van der Waals surface area contributed by atoms with Crippen molar-refractivity contribution in [3.05, 3.63) is 35.9 Å². The van der Waals surface area contributed by atoms with Gasteiger partial charge in [-0.2, -0.15) is 0 Å². The van der Waals surface area contributed by atoms with Gasteiger partial charge >= 0.3 is 0 Å². The molecule has 1 aromatic rings. The van der Waals surface area contributed by atoms with Gasteiger partial charge in [-0.25, -0.2) is 0 Å². The van der Waals surface area contributed by atoms with Crippen molar-refractivity contribution in [2.24, 2.45) is 11.1 Å². The van der Waals surface area contributed by atoms with E-state index >= 15 is 0 Å². The molecular weight excluding hydrogens is 334 g/mol. The number of carbonyl (C=O) groups excluding carboxylic acids is 1. The Labute approximate surface area is 158 Å². The van der Waals surface area contributed by atoms with Crippen molar-refractivity contribution in [2.45, 2.75) is 58.0 Å². The highest BCUT2D eigenvalue weighted by molar-refractivity contribution is 5.85. The lowest BCUT2D eigenvalue weighted by atomic mass is 9.71. The first-order valence-corrected chi connectivity index (χ1v) is 9.25. The predicted molar refractivity (Wildman–Crippen MR) is 107 cm³/mol. The van der Waals surface area contributed by atoms with Crippen LogP contribution in [0.25, 0.3) is 0 Å². The van der Waals surface area contributed by atoms with Gasteiger partial charge in [0.2, 0.25) is 5.91 Å². The van der Waals surface area contributed by atoms with Crippen LogP contribution in [-0.2, 0) is 11.3 Å². The van der Waals surface area contributed by atoms with E-state index in [0.29, 0.717) is 13.0 Å². The number of nitrogens with two attached hydrogens (primary N) is 1. The Morgan fingerprint density at radius 1 is 1.24 bits per heavy atom. The second-order valence-corrected chi connectivity index (χ2v) is 7.59. The Bertz CT molecular complexity index is 503. The minimum absolute atomic E-state index is 0. The normalized spacial score (nSPS) is 17.6. The molecule has 1 atom stereocenters. The maximum Gasteiger partial charge on any atom is 0.220 e. The van der Waals surface area contributed by atoms with Gasteiger partial charge in [-0.1, -0.05) is 49.6 Å². The standard InChI is InChI=1S/C20H33N3O.ClH/c1-17(14-23(2)15-18-9-5-3-6-10-18)22-19(24)13-20(16-21)11-7-4-8-12-20;/h3,5-6,9-10,17H,4,7-8,11-16,21H2,1-2H3,(H,22,24);1H. The van der Waals surface area contributed by atoms with E-state index in [-0.39, 0.29) is 29.8 Å². The highest BCUT2D eigenvalue weighted by Crippen LogP contribution is 2.38. The van der Waals surface area contributed by atoms with Crippen LogP contribution in [0.3, 0.4) is 0 Å². The van der Waals surface area contributed by atoms with E-state index in [4.69, 9.17) is 5.73 Å². The van der Waals surface area contributed by atoms with Gasteiger partial charge in [0.15, 0.2) is 0 Å². The molecule has 1 saturated carbocycles. The zero-order valence-electron chi connectivity index (χ0n) is 15.7. The highest BCUT2D eigenvalue weighted by atomic mass is 35.5. The van der Waals surface area contributed by atoms with E-state index in [1.54, 1.807) is 0 Å². The Kier molecular flexibility index (Phi) is 9.47. The van der Waals surface area contributed by atoms with Crippen molar-refractivity contribution in [3.8, 4) is 0 Å². The van der Waals surface area contributed by atoms with E-state index in [1.165, 1.54) is 24.8 Å². The molecule has 2 rings (SSSR count). The highest BCUT2D eigenvalue weighted by Gasteiger charge is 2.33. The van der Waals surface area contributed by atoms with Crippen molar-refractivity contribution < 1.29 is 4.79 Å². The first-order valence-electron chi connectivity index (χ1n) is 9.25. The fourth-order valence-electron chi connectivity index (χ4n) is 3.89. The summed E-state index contributed by atoms with van der Waals surface area (Å²) in [6.45, 7) is 4.45. The van der Waals surface area contributed by atoms with Crippen LogP contribution in [0.4, 0.5) is 0 Å². The maximum absolute atomic E-state index is 12.4. The number of nitrogens with one attached hydrogen (secondary N) is 1. The fraction of sp³-hybridized carbons (Fsp3) is 0.650. The summed E-state index contributed by atoms with van der Waals surface area (Å²) >= 11 is 0. The van der Waals surface area contributed by atoms with Gasteiger partial charge in [-0.15, -0.1) is 12.4 Å². The van der Waals surface area contributed by atoms with Gasteiger partial charge in [0.25, 0.3) is 0 Å².